The number of likely N-dealkylation sites (tertiary alicyclic amines) is 2. The number of hydrogen-bond acceptors (Lipinski definition) is 5. The zero-order chi connectivity index (χ0) is 27.9. The van der Waals surface area contributed by atoms with Crippen LogP contribution in [0.1, 0.15) is 19.3 Å². The number of aliphatic carboxylic acids is 1. The zero-order valence-corrected chi connectivity index (χ0v) is 21.1. The highest BCUT2D eigenvalue weighted by Gasteiger charge is 2.52. The van der Waals surface area contributed by atoms with Gasteiger partial charge >= 0.3 is 18.2 Å². The Morgan fingerprint density at radius 1 is 0.974 bits per heavy atom. The Balaban J connectivity index is 0.000000505. The number of halogens is 3. The molecule has 3 N–H and O–H groups in total. The molecule has 2 aliphatic rings. The minimum atomic E-state index is -5.08. The third-order valence-corrected chi connectivity index (χ3v) is 6.92. The number of ether oxygens (including phenoxy) is 1. The molecule has 0 spiro atoms. The number of fused-ring (bicyclic) bond motifs is 1. The second kappa shape index (κ2) is 12.2. The summed E-state index contributed by atoms with van der Waals surface area (Å²) in [7, 11) is 3.68. The molecule has 0 aliphatic carbocycles. The van der Waals surface area contributed by atoms with E-state index in [0.29, 0.717) is 30.9 Å². The lowest BCUT2D eigenvalue weighted by molar-refractivity contribution is -0.192. The van der Waals surface area contributed by atoms with Gasteiger partial charge in [-0.3, -0.25) is 4.79 Å². The van der Waals surface area contributed by atoms with E-state index in [0.717, 1.165) is 25.1 Å². The molecule has 12 heteroatoms. The number of benzene rings is 2. The summed E-state index contributed by atoms with van der Waals surface area (Å²) in [5, 5.41) is 13.2. The fraction of sp³-hybridized carbons (Fsp3) is 0.423. The second-order valence-electron chi connectivity index (χ2n) is 9.21. The maximum atomic E-state index is 13.4. The summed E-state index contributed by atoms with van der Waals surface area (Å²) in [6.07, 6.45) is -2.87. The number of anilines is 2. The summed E-state index contributed by atoms with van der Waals surface area (Å²) >= 11 is 0. The van der Waals surface area contributed by atoms with Crippen LogP contribution in [0.3, 0.4) is 0 Å². The van der Waals surface area contributed by atoms with E-state index in [2.05, 4.69) is 22.6 Å². The van der Waals surface area contributed by atoms with Gasteiger partial charge < -0.3 is 30.3 Å². The van der Waals surface area contributed by atoms with E-state index in [9.17, 15) is 22.8 Å². The first-order valence-corrected chi connectivity index (χ1v) is 12.0. The monoisotopic (exact) mass is 536 g/mol. The topological polar surface area (TPSA) is 111 Å². The molecule has 0 saturated carbocycles. The number of carbonyl (C=O) groups is 3. The van der Waals surface area contributed by atoms with Crippen molar-refractivity contribution in [1.82, 2.24) is 9.80 Å². The molecule has 0 unspecified atom stereocenters. The van der Waals surface area contributed by atoms with E-state index in [-0.39, 0.29) is 18.0 Å². The molecule has 0 aromatic heterocycles. The van der Waals surface area contributed by atoms with Gasteiger partial charge in [-0.2, -0.15) is 13.2 Å². The van der Waals surface area contributed by atoms with Crippen molar-refractivity contribution in [1.29, 1.82) is 0 Å². The molecule has 2 fully saturated rings. The fourth-order valence-electron chi connectivity index (χ4n) is 4.89. The van der Waals surface area contributed by atoms with Crippen molar-refractivity contribution < 1.29 is 37.4 Å². The fourth-order valence-corrected chi connectivity index (χ4v) is 4.89. The number of nitrogens with zero attached hydrogens (tertiary/aromatic N) is 2. The molecule has 3 amide bonds. The van der Waals surface area contributed by atoms with Crippen molar-refractivity contribution in [2.75, 3.05) is 44.4 Å². The van der Waals surface area contributed by atoms with E-state index in [1.54, 1.807) is 13.2 Å². The summed E-state index contributed by atoms with van der Waals surface area (Å²) in [5.74, 6) is -2.00. The number of carbonyl (C=O) groups excluding carboxylic acids is 2. The summed E-state index contributed by atoms with van der Waals surface area (Å²) in [6.45, 7) is 2.05. The second-order valence-corrected chi connectivity index (χ2v) is 9.21. The van der Waals surface area contributed by atoms with E-state index >= 15 is 0 Å². The third-order valence-electron chi connectivity index (χ3n) is 6.92. The van der Waals surface area contributed by atoms with Crippen LogP contribution in [-0.4, -0.2) is 78.8 Å². The van der Waals surface area contributed by atoms with E-state index in [4.69, 9.17) is 14.6 Å². The molecule has 206 valence electrons. The van der Waals surface area contributed by atoms with E-state index < -0.39 is 17.6 Å². The number of hydrogen-bond donors (Lipinski definition) is 3. The first kappa shape index (κ1) is 28.8. The third kappa shape index (κ3) is 6.94. The number of methoxy groups -OCH3 is 1. The average molecular weight is 537 g/mol. The average Bonchev–Trinajstić information content (AvgIpc) is 3.07. The smallest absolute Gasteiger partial charge is 0.490 e. The van der Waals surface area contributed by atoms with Gasteiger partial charge in [0, 0.05) is 36.6 Å². The van der Waals surface area contributed by atoms with Crippen LogP contribution < -0.4 is 15.4 Å². The summed E-state index contributed by atoms with van der Waals surface area (Å²) in [6, 6.07) is 16.9. The van der Waals surface area contributed by atoms with Crippen LogP contribution in [0.4, 0.5) is 29.3 Å². The highest BCUT2D eigenvalue weighted by atomic mass is 19.4. The minimum absolute atomic E-state index is 0.0584. The maximum Gasteiger partial charge on any atom is 0.490 e. The number of amides is 3. The Labute approximate surface area is 218 Å². The standard InChI is InChI=1S/C24H30N4O3.C2HF3O2/c1-27-15-12-24(22(29)25-18-7-4-3-5-8-18)13-16-28(14-11-21(24)27)23(30)26-19-9-6-10-20(17-19)31-2;3-2(4,5)1(6)7/h3-10,17,21H,11-16H2,1-2H3,(H,25,29)(H,26,30);(H,6,7)/t21-,24-;/m1./s1. The van der Waals surface area contributed by atoms with Gasteiger partial charge in [0.05, 0.1) is 12.5 Å². The molecular weight excluding hydrogens is 505 g/mol. The number of carboxylic acids is 1. The van der Waals surface area contributed by atoms with Crippen molar-refractivity contribution in [3.8, 4) is 5.75 Å². The molecule has 2 heterocycles. The Hall–Kier alpha value is -3.80. The van der Waals surface area contributed by atoms with Gasteiger partial charge in [0.25, 0.3) is 0 Å². The molecule has 2 aliphatic heterocycles. The van der Waals surface area contributed by atoms with Gasteiger partial charge in [-0.1, -0.05) is 24.3 Å². The van der Waals surface area contributed by atoms with Crippen LogP contribution in [0.2, 0.25) is 0 Å². The lowest BCUT2D eigenvalue weighted by Crippen LogP contribution is -2.46. The van der Waals surface area contributed by atoms with Crippen molar-refractivity contribution in [3.63, 3.8) is 0 Å². The normalized spacial score (nSPS) is 21.3. The van der Waals surface area contributed by atoms with Crippen LogP contribution in [0.5, 0.6) is 5.75 Å². The number of urea groups is 1. The predicted octanol–water partition coefficient (Wildman–Crippen LogP) is 4.29. The first-order valence-electron chi connectivity index (χ1n) is 12.0. The Morgan fingerprint density at radius 2 is 1.61 bits per heavy atom. The highest BCUT2D eigenvalue weighted by molar-refractivity contribution is 5.96. The molecule has 0 radical (unpaired) electrons. The van der Waals surface area contributed by atoms with Crippen LogP contribution in [0, 0.1) is 5.41 Å². The van der Waals surface area contributed by atoms with Crippen molar-refractivity contribution in [3.05, 3.63) is 54.6 Å². The molecule has 4 rings (SSSR count). The lowest BCUT2D eigenvalue weighted by Gasteiger charge is -2.34. The Bertz CT molecular complexity index is 1130. The van der Waals surface area contributed by atoms with Gasteiger partial charge in [0.15, 0.2) is 0 Å². The lowest BCUT2D eigenvalue weighted by atomic mass is 9.75. The number of carboxylic acid groups (broad SMARTS) is 1. The van der Waals surface area contributed by atoms with Crippen LogP contribution >= 0.6 is 0 Å². The van der Waals surface area contributed by atoms with Gasteiger partial charge in [-0.25, -0.2) is 9.59 Å². The van der Waals surface area contributed by atoms with Gasteiger partial charge in [0.1, 0.15) is 5.75 Å². The molecule has 0 bridgehead atoms. The molecule has 2 atom stereocenters. The van der Waals surface area contributed by atoms with Crippen LogP contribution in [0.15, 0.2) is 54.6 Å². The van der Waals surface area contributed by atoms with Gasteiger partial charge in [-0.15, -0.1) is 0 Å². The summed E-state index contributed by atoms with van der Waals surface area (Å²) < 4.78 is 37.0. The van der Waals surface area contributed by atoms with Gasteiger partial charge in [0.2, 0.25) is 5.91 Å². The predicted molar refractivity (Wildman–Crippen MR) is 135 cm³/mol. The summed E-state index contributed by atoms with van der Waals surface area (Å²) in [4.78, 5) is 39.4. The van der Waals surface area contributed by atoms with Crippen LogP contribution in [0.25, 0.3) is 0 Å². The van der Waals surface area contributed by atoms with E-state index in [1.165, 1.54) is 0 Å². The molecule has 2 aromatic carbocycles. The number of alkyl halides is 3. The SMILES string of the molecule is COc1cccc(NC(=O)N2CC[C@H]3N(C)CC[C@@]3(C(=O)Nc3ccccc3)CC2)c1.O=C(O)C(F)(F)F. The first-order chi connectivity index (χ1) is 18.0. The Kier molecular flexibility index (Phi) is 9.21. The molecule has 38 heavy (non-hydrogen) atoms. The minimum Gasteiger partial charge on any atom is -0.497 e. The van der Waals surface area contributed by atoms with Crippen molar-refractivity contribution >= 4 is 29.3 Å². The molecular formula is C26H31F3N4O5. The highest BCUT2D eigenvalue weighted by Crippen LogP contribution is 2.44. The quantitative estimate of drug-likeness (QED) is 0.538. The van der Waals surface area contributed by atoms with Crippen molar-refractivity contribution in [2.45, 2.75) is 31.5 Å². The molecule has 2 saturated heterocycles. The largest absolute Gasteiger partial charge is 0.497 e. The number of nitrogens with one attached hydrogen (secondary N) is 2. The van der Waals surface area contributed by atoms with Gasteiger partial charge in [-0.05, 0) is 57.1 Å². The zero-order valence-electron chi connectivity index (χ0n) is 21.1. The summed E-state index contributed by atoms with van der Waals surface area (Å²) in [5.41, 5.74) is 1.02. The Morgan fingerprint density at radius 3 is 2.24 bits per heavy atom. The number of rotatable bonds is 4. The number of para-hydroxylation sites is 1. The molecule has 2 aromatic rings. The van der Waals surface area contributed by atoms with Crippen LogP contribution in [-0.2, 0) is 9.59 Å². The van der Waals surface area contributed by atoms with Crippen molar-refractivity contribution in [2.24, 2.45) is 5.41 Å². The maximum absolute atomic E-state index is 13.4. The molecule has 9 nitrogen and oxygen atoms in total. The van der Waals surface area contributed by atoms with E-state index in [1.807, 2.05) is 53.4 Å².